The molecule has 1 aromatic carbocycles. The molecule has 98 valence electrons. The smallest absolute Gasteiger partial charge is 0.251 e. The highest BCUT2D eigenvalue weighted by Crippen LogP contribution is 2.21. The Morgan fingerprint density at radius 1 is 1.33 bits per heavy atom. The molecule has 1 saturated heterocycles. The Balaban J connectivity index is 1.79. The Morgan fingerprint density at radius 2 is 1.94 bits per heavy atom. The summed E-state index contributed by atoms with van der Waals surface area (Å²) in [5, 5.41) is 3.45. The second-order valence-electron chi connectivity index (χ2n) is 4.34. The molecule has 1 aliphatic rings. The number of carbonyl (C=O) groups is 1. The molecule has 2 rings (SSSR count). The fourth-order valence-electron chi connectivity index (χ4n) is 1.81. The van der Waals surface area contributed by atoms with Gasteiger partial charge in [-0.05, 0) is 31.2 Å². The van der Waals surface area contributed by atoms with Crippen LogP contribution in [0.1, 0.15) is 23.7 Å². The average Bonchev–Trinajstić information content (AvgIpc) is 2.77. The number of hydrogen-bond acceptors (Lipinski definition) is 3. The zero-order chi connectivity index (χ0) is 13.0. The third-order valence-electron chi connectivity index (χ3n) is 2.87. The maximum absolute atomic E-state index is 11.8. The molecule has 5 heteroatoms. The molecule has 1 aromatic rings. The lowest BCUT2D eigenvalue weighted by atomic mass is 10.2. The molecule has 4 nitrogen and oxygen atoms in total. The van der Waals surface area contributed by atoms with E-state index in [1.54, 1.807) is 24.3 Å². The van der Waals surface area contributed by atoms with Gasteiger partial charge in [-0.2, -0.15) is 0 Å². The van der Waals surface area contributed by atoms with Gasteiger partial charge in [0, 0.05) is 23.6 Å². The molecule has 0 unspecified atom stereocenters. The van der Waals surface area contributed by atoms with Gasteiger partial charge < -0.3 is 14.8 Å². The highest BCUT2D eigenvalue weighted by molar-refractivity contribution is 6.30. The van der Waals surface area contributed by atoms with Gasteiger partial charge in [-0.1, -0.05) is 11.6 Å². The van der Waals surface area contributed by atoms with Crippen molar-refractivity contribution in [2.45, 2.75) is 19.1 Å². The highest BCUT2D eigenvalue weighted by Gasteiger charge is 2.30. The number of halogens is 1. The van der Waals surface area contributed by atoms with Crippen molar-refractivity contribution < 1.29 is 14.3 Å². The van der Waals surface area contributed by atoms with Gasteiger partial charge in [-0.25, -0.2) is 0 Å². The van der Waals surface area contributed by atoms with Crippen LogP contribution in [0.4, 0.5) is 0 Å². The Kier molecular flexibility index (Phi) is 4.22. The molecule has 1 aliphatic heterocycles. The van der Waals surface area contributed by atoms with E-state index in [0.717, 1.165) is 0 Å². The minimum absolute atomic E-state index is 0.117. The van der Waals surface area contributed by atoms with Crippen LogP contribution in [0, 0.1) is 0 Å². The number of rotatable bonds is 4. The van der Waals surface area contributed by atoms with Crippen LogP contribution in [0.5, 0.6) is 0 Å². The van der Waals surface area contributed by atoms with Gasteiger partial charge in [0.25, 0.3) is 5.91 Å². The van der Waals surface area contributed by atoms with Gasteiger partial charge >= 0.3 is 0 Å². The molecule has 1 amide bonds. The van der Waals surface area contributed by atoms with Crippen LogP contribution in [0.15, 0.2) is 24.3 Å². The van der Waals surface area contributed by atoms with Crippen LogP contribution < -0.4 is 5.32 Å². The highest BCUT2D eigenvalue weighted by atomic mass is 35.5. The minimum Gasteiger partial charge on any atom is -0.352 e. The lowest BCUT2D eigenvalue weighted by Crippen LogP contribution is -2.33. The number of ether oxygens (including phenoxy) is 2. The Labute approximate surface area is 111 Å². The maximum Gasteiger partial charge on any atom is 0.251 e. The van der Waals surface area contributed by atoms with Gasteiger partial charge in [0.1, 0.15) is 0 Å². The molecular weight excluding hydrogens is 254 g/mol. The minimum atomic E-state index is -0.562. The van der Waals surface area contributed by atoms with E-state index in [0.29, 0.717) is 36.8 Å². The molecule has 1 fully saturated rings. The summed E-state index contributed by atoms with van der Waals surface area (Å²) in [6.07, 6.45) is 0.631. The van der Waals surface area contributed by atoms with E-state index in [1.807, 2.05) is 6.92 Å². The van der Waals surface area contributed by atoms with Crippen LogP contribution >= 0.6 is 11.6 Å². The zero-order valence-electron chi connectivity index (χ0n) is 10.2. The molecule has 0 aliphatic carbocycles. The van der Waals surface area contributed by atoms with Crippen LogP contribution in [0.2, 0.25) is 5.02 Å². The number of carbonyl (C=O) groups excluding carboxylic acids is 1. The monoisotopic (exact) mass is 269 g/mol. The largest absolute Gasteiger partial charge is 0.352 e. The topological polar surface area (TPSA) is 47.6 Å². The summed E-state index contributed by atoms with van der Waals surface area (Å²) in [4.78, 5) is 11.8. The quantitative estimate of drug-likeness (QED) is 0.912. The van der Waals surface area contributed by atoms with Crippen molar-refractivity contribution in [3.05, 3.63) is 34.9 Å². The van der Waals surface area contributed by atoms with Crippen molar-refractivity contribution in [2.24, 2.45) is 0 Å². The normalized spacial score (nSPS) is 17.7. The zero-order valence-corrected chi connectivity index (χ0v) is 11.0. The molecule has 1 N–H and O–H groups in total. The molecule has 0 spiro atoms. The summed E-state index contributed by atoms with van der Waals surface area (Å²) in [5.74, 6) is -0.680. The predicted molar refractivity (Wildman–Crippen MR) is 68.7 cm³/mol. The van der Waals surface area contributed by atoms with Gasteiger partial charge in [0.05, 0.1) is 13.2 Å². The first-order chi connectivity index (χ1) is 8.59. The second kappa shape index (κ2) is 5.69. The standard InChI is InChI=1S/C13H16ClNO3/c1-13(17-8-9-18-13)6-7-15-12(16)10-2-4-11(14)5-3-10/h2-5H,6-9H2,1H3,(H,15,16). The number of benzene rings is 1. The first-order valence-corrected chi connectivity index (χ1v) is 6.29. The lowest BCUT2D eigenvalue weighted by Gasteiger charge is -2.22. The summed E-state index contributed by atoms with van der Waals surface area (Å²) in [7, 11) is 0. The van der Waals surface area contributed by atoms with E-state index in [-0.39, 0.29) is 5.91 Å². The van der Waals surface area contributed by atoms with E-state index in [1.165, 1.54) is 0 Å². The fraction of sp³-hybridized carbons (Fsp3) is 0.462. The molecule has 0 bridgehead atoms. The van der Waals surface area contributed by atoms with E-state index in [2.05, 4.69) is 5.32 Å². The third-order valence-corrected chi connectivity index (χ3v) is 3.12. The molecule has 0 atom stereocenters. The molecule has 18 heavy (non-hydrogen) atoms. The number of hydrogen-bond donors (Lipinski definition) is 1. The first-order valence-electron chi connectivity index (χ1n) is 5.91. The van der Waals surface area contributed by atoms with Gasteiger partial charge in [-0.15, -0.1) is 0 Å². The maximum atomic E-state index is 11.8. The number of amides is 1. The van der Waals surface area contributed by atoms with Gasteiger partial charge in [0.15, 0.2) is 5.79 Å². The van der Waals surface area contributed by atoms with Crippen LogP contribution in [0.25, 0.3) is 0 Å². The van der Waals surface area contributed by atoms with Crippen molar-refractivity contribution in [3.63, 3.8) is 0 Å². The van der Waals surface area contributed by atoms with Crippen LogP contribution in [0.3, 0.4) is 0 Å². The van der Waals surface area contributed by atoms with Crippen molar-refractivity contribution in [1.82, 2.24) is 5.32 Å². The fourth-order valence-corrected chi connectivity index (χ4v) is 1.93. The van der Waals surface area contributed by atoms with E-state index in [4.69, 9.17) is 21.1 Å². The van der Waals surface area contributed by atoms with Crippen LogP contribution in [-0.2, 0) is 9.47 Å². The second-order valence-corrected chi connectivity index (χ2v) is 4.78. The van der Waals surface area contributed by atoms with Gasteiger partial charge in [0.2, 0.25) is 0 Å². The van der Waals surface area contributed by atoms with E-state index in [9.17, 15) is 4.79 Å². The van der Waals surface area contributed by atoms with E-state index < -0.39 is 5.79 Å². The molecule has 1 heterocycles. The molecule has 0 saturated carbocycles. The summed E-state index contributed by atoms with van der Waals surface area (Å²) in [6, 6.07) is 6.78. The first kappa shape index (κ1) is 13.3. The van der Waals surface area contributed by atoms with E-state index >= 15 is 0 Å². The SMILES string of the molecule is CC1(CCNC(=O)c2ccc(Cl)cc2)OCCO1. The van der Waals surface area contributed by atoms with Crippen molar-refractivity contribution in [1.29, 1.82) is 0 Å². The molecule has 0 aromatic heterocycles. The number of nitrogens with one attached hydrogen (secondary N) is 1. The van der Waals surface area contributed by atoms with Crippen molar-refractivity contribution in [2.75, 3.05) is 19.8 Å². The molecular formula is C13H16ClNO3. The lowest BCUT2D eigenvalue weighted by molar-refractivity contribution is -0.145. The Hall–Kier alpha value is -1.10. The summed E-state index contributed by atoms with van der Waals surface area (Å²) < 4.78 is 10.9. The summed E-state index contributed by atoms with van der Waals surface area (Å²) in [5.41, 5.74) is 0.595. The van der Waals surface area contributed by atoms with Crippen molar-refractivity contribution in [3.8, 4) is 0 Å². The third kappa shape index (κ3) is 3.45. The molecule has 0 radical (unpaired) electrons. The summed E-state index contributed by atoms with van der Waals surface area (Å²) >= 11 is 5.76. The predicted octanol–water partition coefficient (Wildman–Crippen LogP) is 2.22. The average molecular weight is 270 g/mol. The Bertz CT molecular complexity index is 413. The van der Waals surface area contributed by atoms with Crippen LogP contribution in [-0.4, -0.2) is 31.5 Å². The Morgan fingerprint density at radius 3 is 2.56 bits per heavy atom. The van der Waals surface area contributed by atoms with Gasteiger partial charge in [-0.3, -0.25) is 4.79 Å². The van der Waals surface area contributed by atoms with Crippen molar-refractivity contribution >= 4 is 17.5 Å². The summed E-state index contributed by atoms with van der Waals surface area (Å²) in [6.45, 7) is 3.62.